The number of Topliss-reactive ketones (excluding diaryl/α,β-unsaturated/α-hetero) is 1. The lowest BCUT2D eigenvalue weighted by atomic mass is 9.94. The number of hydrogen-bond donors (Lipinski definition) is 1. The number of methoxy groups -OCH3 is 1. The van der Waals surface area contributed by atoms with Crippen LogP contribution in [0.25, 0.3) is 5.76 Å². The smallest absolute Gasteiger partial charge is 0.295 e. The summed E-state index contributed by atoms with van der Waals surface area (Å²) >= 11 is 0. The molecule has 1 atom stereocenters. The van der Waals surface area contributed by atoms with Gasteiger partial charge in [-0.3, -0.25) is 9.59 Å². The van der Waals surface area contributed by atoms with E-state index in [2.05, 4.69) is 0 Å². The van der Waals surface area contributed by atoms with E-state index in [1.807, 2.05) is 20.8 Å². The van der Waals surface area contributed by atoms with E-state index in [0.29, 0.717) is 29.4 Å². The first-order valence-corrected chi connectivity index (χ1v) is 10.5. The molecule has 0 radical (unpaired) electrons. The quantitative estimate of drug-likeness (QED) is 0.377. The van der Waals surface area contributed by atoms with E-state index in [1.54, 1.807) is 18.2 Å². The Hall–Kier alpha value is -3.19. The lowest BCUT2D eigenvalue weighted by Gasteiger charge is -2.25. The minimum Gasteiger partial charge on any atom is -0.507 e. The molecule has 6 nitrogen and oxygen atoms in total. The minimum atomic E-state index is -0.845. The van der Waals surface area contributed by atoms with Crippen LogP contribution in [-0.4, -0.2) is 48.6 Å². The van der Waals surface area contributed by atoms with Gasteiger partial charge in [0.2, 0.25) is 0 Å². The topological polar surface area (TPSA) is 76.1 Å². The molecule has 1 N–H and O–H groups in total. The molecule has 1 aliphatic rings. The second-order valence-electron chi connectivity index (χ2n) is 8.22. The molecule has 32 heavy (non-hydrogen) atoms. The largest absolute Gasteiger partial charge is 0.507 e. The third-order valence-corrected chi connectivity index (χ3v) is 5.28. The Morgan fingerprint density at radius 2 is 1.84 bits per heavy atom. The van der Waals surface area contributed by atoms with Crippen LogP contribution >= 0.6 is 0 Å². The molecule has 0 spiro atoms. The van der Waals surface area contributed by atoms with Crippen molar-refractivity contribution in [3.05, 3.63) is 70.5 Å². The van der Waals surface area contributed by atoms with E-state index in [-0.39, 0.29) is 24.5 Å². The van der Waals surface area contributed by atoms with Gasteiger partial charge in [-0.1, -0.05) is 26.0 Å². The molecule has 1 aliphatic heterocycles. The van der Waals surface area contributed by atoms with Crippen molar-refractivity contribution in [2.45, 2.75) is 26.8 Å². The summed E-state index contributed by atoms with van der Waals surface area (Å²) in [7, 11) is 1.50. The summed E-state index contributed by atoms with van der Waals surface area (Å²) in [6.07, 6.45) is 0. The number of benzene rings is 2. The van der Waals surface area contributed by atoms with Crippen LogP contribution in [0.1, 0.15) is 36.6 Å². The van der Waals surface area contributed by atoms with Crippen molar-refractivity contribution < 1.29 is 28.6 Å². The highest BCUT2D eigenvalue weighted by Gasteiger charge is 2.45. The summed E-state index contributed by atoms with van der Waals surface area (Å²) < 4.78 is 24.4. The zero-order chi connectivity index (χ0) is 23.4. The number of carbonyl (C=O) groups excluding carboxylic acids is 2. The van der Waals surface area contributed by atoms with Gasteiger partial charge in [0.1, 0.15) is 17.3 Å². The number of rotatable bonds is 8. The monoisotopic (exact) mass is 441 g/mol. The standard InChI is InChI=1S/C25H28FNO5/c1-15(2)14-32-20-10-7-18(13-16(20)3)23(28)21-22(17-5-8-19(26)9-6-17)27(11-12-31-4)25(30)24(21)29/h5-10,13,15,22,28H,11-12,14H2,1-4H3. The van der Waals surface area contributed by atoms with Crippen LogP contribution in [0, 0.1) is 18.7 Å². The average molecular weight is 441 g/mol. The van der Waals surface area contributed by atoms with E-state index in [4.69, 9.17) is 9.47 Å². The zero-order valence-corrected chi connectivity index (χ0v) is 18.7. The van der Waals surface area contributed by atoms with E-state index in [0.717, 1.165) is 5.56 Å². The summed E-state index contributed by atoms with van der Waals surface area (Å²) in [4.78, 5) is 27.0. The Kier molecular flexibility index (Phi) is 7.30. The molecular formula is C25H28FNO5. The minimum absolute atomic E-state index is 0.0343. The summed E-state index contributed by atoms with van der Waals surface area (Å²) in [6, 6.07) is 9.80. The van der Waals surface area contributed by atoms with Crippen molar-refractivity contribution in [2.75, 3.05) is 26.9 Å². The summed E-state index contributed by atoms with van der Waals surface area (Å²) in [6.45, 7) is 6.87. The summed E-state index contributed by atoms with van der Waals surface area (Å²) in [5.41, 5.74) is 1.68. The lowest BCUT2D eigenvalue weighted by molar-refractivity contribution is -0.140. The number of nitrogens with zero attached hydrogens (tertiary/aromatic N) is 1. The maximum Gasteiger partial charge on any atom is 0.295 e. The predicted molar refractivity (Wildman–Crippen MR) is 119 cm³/mol. The fourth-order valence-electron chi connectivity index (χ4n) is 3.66. The van der Waals surface area contributed by atoms with Crippen LogP contribution in [0.5, 0.6) is 5.75 Å². The molecule has 2 aromatic carbocycles. The summed E-state index contributed by atoms with van der Waals surface area (Å²) in [5.74, 6) is -1.18. The zero-order valence-electron chi connectivity index (χ0n) is 18.7. The number of amides is 1. The first-order chi connectivity index (χ1) is 15.2. The molecule has 1 unspecified atom stereocenters. The Balaban J connectivity index is 2.06. The van der Waals surface area contributed by atoms with Crippen molar-refractivity contribution in [3.63, 3.8) is 0 Å². The van der Waals surface area contributed by atoms with Gasteiger partial charge in [0.15, 0.2) is 0 Å². The van der Waals surface area contributed by atoms with Crippen molar-refractivity contribution in [1.29, 1.82) is 0 Å². The maximum absolute atomic E-state index is 13.5. The van der Waals surface area contributed by atoms with Crippen LogP contribution < -0.4 is 4.74 Å². The number of hydrogen-bond acceptors (Lipinski definition) is 5. The van der Waals surface area contributed by atoms with Crippen molar-refractivity contribution in [2.24, 2.45) is 5.92 Å². The Labute approximate surface area is 187 Å². The molecule has 7 heteroatoms. The normalized spacial score (nSPS) is 17.9. The van der Waals surface area contributed by atoms with Gasteiger partial charge >= 0.3 is 0 Å². The molecule has 0 aromatic heterocycles. The van der Waals surface area contributed by atoms with Crippen molar-refractivity contribution in [3.8, 4) is 5.75 Å². The average Bonchev–Trinajstić information content (AvgIpc) is 3.01. The number of halogens is 1. The van der Waals surface area contributed by atoms with Gasteiger partial charge in [-0.05, 0) is 54.3 Å². The maximum atomic E-state index is 13.5. The molecule has 1 fully saturated rings. The van der Waals surface area contributed by atoms with Crippen LogP contribution in [0.3, 0.4) is 0 Å². The van der Waals surface area contributed by atoms with E-state index in [9.17, 15) is 19.1 Å². The van der Waals surface area contributed by atoms with Crippen molar-refractivity contribution >= 4 is 17.4 Å². The molecule has 3 rings (SSSR count). The highest BCUT2D eigenvalue weighted by molar-refractivity contribution is 6.46. The molecule has 1 heterocycles. The van der Waals surface area contributed by atoms with Crippen LogP contribution in [0.15, 0.2) is 48.0 Å². The molecule has 170 valence electrons. The van der Waals surface area contributed by atoms with E-state index >= 15 is 0 Å². The van der Waals surface area contributed by atoms with Crippen LogP contribution in [-0.2, 0) is 14.3 Å². The third-order valence-electron chi connectivity index (χ3n) is 5.28. The van der Waals surface area contributed by atoms with Gasteiger partial charge in [-0.15, -0.1) is 0 Å². The molecule has 1 amide bonds. The molecular weight excluding hydrogens is 413 g/mol. The van der Waals surface area contributed by atoms with Crippen LogP contribution in [0.2, 0.25) is 0 Å². The van der Waals surface area contributed by atoms with Gasteiger partial charge in [-0.2, -0.15) is 0 Å². The number of aliphatic hydroxyl groups is 1. The highest BCUT2D eigenvalue weighted by Crippen LogP contribution is 2.39. The fraction of sp³-hybridized carbons (Fsp3) is 0.360. The number of ether oxygens (including phenoxy) is 2. The van der Waals surface area contributed by atoms with Gasteiger partial charge < -0.3 is 19.5 Å². The highest BCUT2D eigenvalue weighted by atomic mass is 19.1. The van der Waals surface area contributed by atoms with Crippen molar-refractivity contribution in [1.82, 2.24) is 4.90 Å². The lowest BCUT2D eigenvalue weighted by Crippen LogP contribution is -2.32. The van der Waals surface area contributed by atoms with Crippen LogP contribution in [0.4, 0.5) is 4.39 Å². The number of aliphatic hydroxyl groups excluding tert-OH is 1. The summed E-state index contributed by atoms with van der Waals surface area (Å²) in [5, 5.41) is 11.1. The number of carbonyl (C=O) groups is 2. The molecule has 2 aromatic rings. The Morgan fingerprint density at radius 3 is 2.44 bits per heavy atom. The van der Waals surface area contributed by atoms with E-state index < -0.39 is 23.5 Å². The van der Waals surface area contributed by atoms with Gasteiger partial charge in [0.25, 0.3) is 11.7 Å². The van der Waals surface area contributed by atoms with Gasteiger partial charge in [-0.25, -0.2) is 4.39 Å². The second-order valence-corrected chi connectivity index (χ2v) is 8.22. The predicted octanol–water partition coefficient (Wildman–Crippen LogP) is 4.24. The second kappa shape index (κ2) is 9.96. The molecule has 0 saturated carbocycles. The van der Waals surface area contributed by atoms with Gasteiger partial charge in [0, 0.05) is 19.2 Å². The number of likely N-dealkylation sites (tertiary alicyclic amines) is 1. The SMILES string of the molecule is COCCN1C(=O)C(=O)C(=C(O)c2ccc(OCC(C)C)c(C)c2)C1c1ccc(F)cc1. The first-order valence-electron chi connectivity index (χ1n) is 10.5. The molecule has 0 bridgehead atoms. The molecule has 0 aliphatic carbocycles. The van der Waals surface area contributed by atoms with E-state index in [1.165, 1.54) is 36.3 Å². The third kappa shape index (κ3) is 4.83. The Morgan fingerprint density at radius 1 is 1.16 bits per heavy atom. The fourth-order valence-corrected chi connectivity index (χ4v) is 3.66. The Bertz CT molecular complexity index is 1030. The number of ketones is 1. The van der Waals surface area contributed by atoms with Gasteiger partial charge in [0.05, 0.1) is 24.8 Å². The first kappa shape index (κ1) is 23.5. The number of aryl methyl sites for hydroxylation is 1. The molecule has 1 saturated heterocycles.